The van der Waals surface area contributed by atoms with Crippen molar-refractivity contribution in [3.05, 3.63) is 69.7 Å². The summed E-state index contributed by atoms with van der Waals surface area (Å²) in [5, 5.41) is 4.82. The second-order valence-corrected chi connectivity index (χ2v) is 7.45. The Bertz CT molecular complexity index is 1070. The largest absolute Gasteiger partial charge is 0.438 e. The summed E-state index contributed by atoms with van der Waals surface area (Å²) in [6, 6.07) is 14.0. The summed E-state index contributed by atoms with van der Waals surface area (Å²) in [6.45, 7) is 1.19. The summed E-state index contributed by atoms with van der Waals surface area (Å²) in [6.07, 6.45) is 2.01. The van der Waals surface area contributed by atoms with Gasteiger partial charge in [0, 0.05) is 28.6 Å². The van der Waals surface area contributed by atoms with E-state index in [0.717, 1.165) is 24.8 Å². The van der Waals surface area contributed by atoms with Gasteiger partial charge in [-0.2, -0.15) is 0 Å². The highest BCUT2D eigenvalue weighted by molar-refractivity contribution is 6.31. The molecule has 144 valence electrons. The topological polar surface area (TPSA) is 63.8 Å². The van der Waals surface area contributed by atoms with Crippen LogP contribution in [0.1, 0.15) is 23.2 Å². The minimum atomic E-state index is -0.270. The van der Waals surface area contributed by atoms with Crippen LogP contribution in [-0.2, 0) is 4.74 Å². The number of hydrogen-bond acceptors (Lipinski definition) is 4. The maximum absolute atomic E-state index is 12.9. The van der Waals surface area contributed by atoms with Gasteiger partial charge in [-0.3, -0.25) is 4.79 Å². The van der Waals surface area contributed by atoms with Gasteiger partial charge < -0.3 is 14.5 Å². The molecule has 0 aliphatic carbocycles. The van der Waals surface area contributed by atoms with E-state index >= 15 is 0 Å². The summed E-state index contributed by atoms with van der Waals surface area (Å²) in [4.78, 5) is 17.4. The fourth-order valence-electron chi connectivity index (χ4n) is 3.09. The Kier molecular flexibility index (Phi) is 5.67. The second-order valence-electron chi connectivity index (χ2n) is 6.58. The monoisotopic (exact) mass is 416 g/mol. The maximum Gasteiger partial charge on any atom is 0.256 e. The molecule has 0 radical (unpaired) electrons. The van der Waals surface area contributed by atoms with Gasteiger partial charge in [0.25, 0.3) is 5.91 Å². The third-order valence-corrected chi connectivity index (χ3v) is 5.01. The molecule has 1 aliphatic heterocycles. The predicted octanol–water partition coefficient (Wildman–Crippen LogP) is 4.88. The van der Waals surface area contributed by atoms with Crippen molar-refractivity contribution in [1.29, 1.82) is 0 Å². The zero-order chi connectivity index (χ0) is 19.5. The van der Waals surface area contributed by atoms with Gasteiger partial charge in [-0.15, -0.1) is 0 Å². The second kappa shape index (κ2) is 8.35. The molecule has 1 aromatic heterocycles. The van der Waals surface area contributed by atoms with Gasteiger partial charge in [0.05, 0.1) is 11.8 Å². The molecule has 4 rings (SSSR count). The van der Waals surface area contributed by atoms with Crippen LogP contribution in [0.25, 0.3) is 11.0 Å². The molecular formula is C21H18Cl2N2O3. The van der Waals surface area contributed by atoms with Crippen LogP contribution in [0.5, 0.6) is 0 Å². The molecule has 1 atom stereocenters. The number of carbonyl (C=O) groups is 1. The molecule has 1 amide bonds. The number of amides is 1. The Hall–Kier alpha value is -2.34. The van der Waals surface area contributed by atoms with E-state index in [0.29, 0.717) is 33.4 Å². The van der Waals surface area contributed by atoms with E-state index in [1.54, 1.807) is 48.5 Å². The molecule has 1 N–H and O–H groups in total. The molecule has 7 heteroatoms. The number of halogens is 2. The van der Waals surface area contributed by atoms with E-state index in [9.17, 15) is 4.79 Å². The summed E-state index contributed by atoms with van der Waals surface area (Å²) < 4.78 is 11.5. The molecule has 0 saturated carbocycles. The van der Waals surface area contributed by atoms with Crippen molar-refractivity contribution in [3.8, 4) is 0 Å². The standard InChI is InChI=1S/C21H18Cl2N2O3/c22-14-3-6-16(7-4-14)25-21-18(20(26)24-12-17-2-1-9-27-17)11-13-10-15(23)5-8-19(13)28-21/h3-8,10-11,17H,1-2,9,12H2,(H,24,26)/t17-/m0/s1. The van der Waals surface area contributed by atoms with Gasteiger partial charge in [-0.25, -0.2) is 4.99 Å². The first kappa shape index (κ1) is 19.0. The first-order valence-electron chi connectivity index (χ1n) is 9.02. The van der Waals surface area contributed by atoms with Crippen molar-refractivity contribution >= 4 is 45.8 Å². The molecule has 1 saturated heterocycles. The zero-order valence-corrected chi connectivity index (χ0v) is 16.5. The van der Waals surface area contributed by atoms with Crippen molar-refractivity contribution in [2.45, 2.75) is 18.9 Å². The molecule has 2 aromatic carbocycles. The average molecular weight is 417 g/mol. The lowest BCUT2D eigenvalue weighted by Crippen LogP contribution is -2.34. The molecule has 0 unspecified atom stereocenters. The van der Waals surface area contributed by atoms with Gasteiger partial charge in [-0.05, 0) is 61.4 Å². The molecule has 5 nitrogen and oxygen atoms in total. The van der Waals surface area contributed by atoms with Crippen LogP contribution in [0.2, 0.25) is 10.0 Å². The summed E-state index contributed by atoms with van der Waals surface area (Å²) in [5.41, 5.74) is 1.78. The molecule has 1 fully saturated rings. The van der Waals surface area contributed by atoms with Gasteiger partial charge in [0.1, 0.15) is 11.1 Å². The van der Waals surface area contributed by atoms with E-state index in [-0.39, 0.29) is 17.6 Å². The Morgan fingerprint density at radius 3 is 2.64 bits per heavy atom. The minimum absolute atomic E-state index is 0.0486. The van der Waals surface area contributed by atoms with Crippen LogP contribution in [0.3, 0.4) is 0 Å². The molecule has 28 heavy (non-hydrogen) atoms. The highest BCUT2D eigenvalue weighted by atomic mass is 35.5. The smallest absolute Gasteiger partial charge is 0.256 e. The van der Waals surface area contributed by atoms with Crippen molar-refractivity contribution < 1.29 is 13.9 Å². The average Bonchev–Trinajstić information content (AvgIpc) is 3.21. The van der Waals surface area contributed by atoms with E-state index < -0.39 is 0 Å². The number of benzene rings is 2. The number of rotatable bonds is 4. The SMILES string of the molecule is O=C(NC[C@@H]1CCCO1)c1cc2cc(Cl)ccc2oc1=Nc1ccc(Cl)cc1. The highest BCUT2D eigenvalue weighted by Gasteiger charge is 2.18. The molecule has 1 aliphatic rings. The molecule has 3 aromatic rings. The fraction of sp³-hybridized carbons (Fsp3) is 0.238. The van der Waals surface area contributed by atoms with Gasteiger partial charge >= 0.3 is 0 Å². The molecular weight excluding hydrogens is 399 g/mol. The first-order chi connectivity index (χ1) is 13.6. The Morgan fingerprint density at radius 2 is 1.89 bits per heavy atom. The van der Waals surface area contributed by atoms with Crippen molar-refractivity contribution in [1.82, 2.24) is 5.32 Å². The molecule has 0 spiro atoms. The van der Waals surface area contributed by atoms with Crippen LogP contribution >= 0.6 is 23.2 Å². The maximum atomic E-state index is 12.9. The summed E-state index contributed by atoms with van der Waals surface area (Å²) >= 11 is 12.0. The van der Waals surface area contributed by atoms with E-state index in [4.69, 9.17) is 32.4 Å². The van der Waals surface area contributed by atoms with Gasteiger partial charge in [0.15, 0.2) is 0 Å². The minimum Gasteiger partial charge on any atom is -0.438 e. The summed E-state index contributed by atoms with van der Waals surface area (Å²) in [7, 11) is 0. The third-order valence-electron chi connectivity index (χ3n) is 4.52. The lowest BCUT2D eigenvalue weighted by atomic mass is 10.1. The van der Waals surface area contributed by atoms with E-state index in [1.165, 1.54) is 0 Å². The number of nitrogens with one attached hydrogen (secondary N) is 1. The van der Waals surface area contributed by atoms with Gasteiger partial charge in [-0.1, -0.05) is 23.2 Å². The Labute approximate surface area is 171 Å². The fourth-order valence-corrected chi connectivity index (χ4v) is 3.39. The molecule has 2 heterocycles. The third kappa shape index (κ3) is 4.38. The van der Waals surface area contributed by atoms with Crippen molar-refractivity contribution in [2.24, 2.45) is 4.99 Å². The molecule has 0 bridgehead atoms. The number of carbonyl (C=O) groups excluding carboxylic acids is 1. The lowest BCUT2D eigenvalue weighted by molar-refractivity contribution is 0.0854. The van der Waals surface area contributed by atoms with E-state index in [1.807, 2.05) is 0 Å². The van der Waals surface area contributed by atoms with Crippen LogP contribution in [-0.4, -0.2) is 25.2 Å². The Morgan fingerprint density at radius 1 is 1.11 bits per heavy atom. The number of hydrogen-bond donors (Lipinski definition) is 1. The number of ether oxygens (including phenoxy) is 1. The predicted molar refractivity (Wildman–Crippen MR) is 109 cm³/mol. The lowest BCUT2D eigenvalue weighted by Gasteiger charge is -2.11. The van der Waals surface area contributed by atoms with Crippen LogP contribution in [0, 0.1) is 0 Å². The van der Waals surface area contributed by atoms with Crippen molar-refractivity contribution in [2.75, 3.05) is 13.2 Å². The number of nitrogens with zero attached hydrogens (tertiary/aromatic N) is 1. The Balaban J connectivity index is 1.74. The highest BCUT2D eigenvalue weighted by Crippen LogP contribution is 2.20. The van der Waals surface area contributed by atoms with Gasteiger partial charge in [0.2, 0.25) is 5.55 Å². The van der Waals surface area contributed by atoms with Crippen molar-refractivity contribution in [3.63, 3.8) is 0 Å². The number of fused-ring (bicyclic) bond motifs is 1. The van der Waals surface area contributed by atoms with Crippen LogP contribution in [0.4, 0.5) is 5.69 Å². The van der Waals surface area contributed by atoms with Crippen LogP contribution in [0.15, 0.2) is 57.9 Å². The zero-order valence-electron chi connectivity index (χ0n) is 15.0. The summed E-state index contributed by atoms with van der Waals surface area (Å²) in [5.74, 6) is -0.270. The normalized spacial score (nSPS) is 17.2. The van der Waals surface area contributed by atoms with Crippen LogP contribution < -0.4 is 10.9 Å². The van der Waals surface area contributed by atoms with E-state index in [2.05, 4.69) is 10.3 Å². The first-order valence-corrected chi connectivity index (χ1v) is 9.77. The quantitative estimate of drug-likeness (QED) is 0.658.